The summed E-state index contributed by atoms with van der Waals surface area (Å²) in [5.74, 6) is -3.07. The lowest BCUT2D eigenvalue weighted by molar-refractivity contribution is -0.298. The van der Waals surface area contributed by atoms with E-state index in [2.05, 4.69) is 17.2 Å². The molecule has 1 aliphatic rings. The largest absolute Gasteiger partial charge is 0.381 e. The number of nitrogens with zero attached hydrogens (tertiary/aromatic N) is 2. The van der Waals surface area contributed by atoms with Gasteiger partial charge in [0, 0.05) is 55.6 Å². The van der Waals surface area contributed by atoms with Crippen LogP contribution in [0, 0.1) is 5.82 Å². The third-order valence-electron chi connectivity index (χ3n) is 7.24. The number of aldehydes is 1. The van der Waals surface area contributed by atoms with Crippen molar-refractivity contribution in [3.63, 3.8) is 0 Å². The molecule has 9 nitrogen and oxygen atoms in total. The molecule has 0 bridgehead atoms. The fourth-order valence-electron chi connectivity index (χ4n) is 5.12. The summed E-state index contributed by atoms with van der Waals surface area (Å²) in [7, 11) is 3.40. The van der Waals surface area contributed by atoms with Crippen LogP contribution in [0.4, 0.5) is 10.1 Å². The van der Waals surface area contributed by atoms with Crippen LogP contribution < -0.4 is 10.6 Å². The number of hydrogen-bond acceptors (Lipinski definition) is 8. The number of hydrogen-bond donors (Lipinski definition) is 4. The summed E-state index contributed by atoms with van der Waals surface area (Å²) in [6, 6.07) is 8.95. The number of carbonyl (C=O) groups is 2. The Kier molecular flexibility index (Phi) is 20.9. The summed E-state index contributed by atoms with van der Waals surface area (Å²) < 4.78 is 20.9. The lowest BCUT2D eigenvalue weighted by Gasteiger charge is -2.42. The molecule has 260 valence electrons. The highest BCUT2D eigenvalue weighted by Crippen LogP contribution is 2.29. The van der Waals surface area contributed by atoms with Crippen molar-refractivity contribution in [2.45, 2.75) is 105 Å². The van der Waals surface area contributed by atoms with Crippen LogP contribution in [0.1, 0.15) is 95.3 Å². The van der Waals surface area contributed by atoms with Gasteiger partial charge in [-0.25, -0.2) is 9.29 Å². The molecule has 1 heterocycles. The first-order chi connectivity index (χ1) is 22.0. The summed E-state index contributed by atoms with van der Waals surface area (Å²) in [5, 5.41) is 27.7. The lowest BCUT2D eigenvalue weighted by atomic mass is 10.0. The van der Waals surface area contributed by atoms with Gasteiger partial charge < -0.3 is 25.6 Å². The molecule has 46 heavy (non-hydrogen) atoms. The Morgan fingerprint density at radius 3 is 2.26 bits per heavy atom. The van der Waals surface area contributed by atoms with Crippen LogP contribution in [0.3, 0.4) is 0 Å². The minimum absolute atomic E-state index is 0.0279. The van der Waals surface area contributed by atoms with E-state index >= 15 is 4.39 Å². The van der Waals surface area contributed by atoms with Gasteiger partial charge in [0.25, 0.3) is 5.91 Å². The van der Waals surface area contributed by atoms with E-state index in [4.69, 9.17) is 4.74 Å². The van der Waals surface area contributed by atoms with Crippen molar-refractivity contribution in [3.8, 4) is 0 Å². The van der Waals surface area contributed by atoms with E-state index in [0.29, 0.717) is 54.9 Å². The second-order valence-electron chi connectivity index (χ2n) is 10.4. The number of nitrogens with one attached hydrogen (secondary N) is 2. The van der Waals surface area contributed by atoms with E-state index < -0.39 is 17.8 Å². The predicted molar refractivity (Wildman–Crippen MR) is 186 cm³/mol. The molecule has 2 aromatic carbocycles. The maximum atomic E-state index is 15.2. The molecular weight excluding hydrogens is 587 g/mol. The molecule has 3 rings (SSSR count). The Bertz CT molecular complexity index is 1180. The summed E-state index contributed by atoms with van der Waals surface area (Å²) in [6.45, 7) is 20.4. The molecule has 3 unspecified atom stereocenters. The second kappa shape index (κ2) is 22.4. The fourth-order valence-corrected chi connectivity index (χ4v) is 5.12. The van der Waals surface area contributed by atoms with Gasteiger partial charge in [0.2, 0.25) is 5.91 Å². The molecule has 1 aliphatic heterocycles. The summed E-state index contributed by atoms with van der Waals surface area (Å²) in [5.41, 5.74) is 2.12. The van der Waals surface area contributed by atoms with E-state index in [1.165, 1.54) is 17.0 Å². The minimum Gasteiger partial charge on any atom is -0.381 e. The van der Waals surface area contributed by atoms with Crippen molar-refractivity contribution in [3.05, 3.63) is 77.1 Å². The number of aliphatic hydroxyl groups is 2. The molecule has 2 aromatic rings. The van der Waals surface area contributed by atoms with Gasteiger partial charge in [0.05, 0.1) is 18.2 Å². The first kappa shape index (κ1) is 42.9. The van der Waals surface area contributed by atoms with Crippen LogP contribution in [-0.4, -0.2) is 77.6 Å². The number of morpholine rings is 1. The van der Waals surface area contributed by atoms with Crippen LogP contribution >= 0.6 is 0 Å². The van der Waals surface area contributed by atoms with Crippen molar-refractivity contribution in [1.82, 2.24) is 15.1 Å². The molecule has 1 fully saturated rings. The third-order valence-corrected chi connectivity index (χ3v) is 7.24. The van der Waals surface area contributed by atoms with E-state index in [0.717, 1.165) is 12.4 Å². The van der Waals surface area contributed by atoms with Gasteiger partial charge in [-0.1, -0.05) is 71.9 Å². The van der Waals surface area contributed by atoms with E-state index in [9.17, 15) is 19.8 Å². The Morgan fingerprint density at radius 1 is 1.13 bits per heavy atom. The smallest absolute Gasteiger partial charge is 0.253 e. The molecule has 0 radical (unpaired) electrons. The van der Waals surface area contributed by atoms with E-state index in [1.807, 2.05) is 67.3 Å². The molecular formula is C36H59FN4O5. The molecule has 4 N–H and O–H groups in total. The van der Waals surface area contributed by atoms with Crippen LogP contribution in [0.15, 0.2) is 49.1 Å². The number of ether oxygens (including phenoxy) is 1. The Labute approximate surface area is 276 Å². The zero-order valence-electron chi connectivity index (χ0n) is 29.7. The van der Waals surface area contributed by atoms with Crippen molar-refractivity contribution in [2.75, 3.05) is 32.5 Å². The molecule has 0 spiro atoms. The molecule has 0 aliphatic carbocycles. The minimum atomic E-state index is -2.35. The first-order valence-electron chi connectivity index (χ1n) is 16.5. The number of rotatable bonds is 13. The SMILES string of the molecule is C=CCCC(C(=O)NC)N(C)Cc1c(C=O)cccc1NCc1ccc(C(O)(O)N2CC(C)OC(C)C2)cc1F.CC.CC.CC. The first-order valence-corrected chi connectivity index (χ1v) is 16.5. The van der Waals surface area contributed by atoms with Gasteiger partial charge in [-0.2, -0.15) is 0 Å². The van der Waals surface area contributed by atoms with E-state index in [1.54, 1.807) is 31.3 Å². The van der Waals surface area contributed by atoms with Gasteiger partial charge in [0.1, 0.15) is 12.1 Å². The van der Waals surface area contributed by atoms with Crippen molar-refractivity contribution < 1.29 is 28.9 Å². The summed E-state index contributed by atoms with van der Waals surface area (Å²) in [6.07, 6.45) is 3.36. The second-order valence-corrected chi connectivity index (χ2v) is 10.4. The van der Waals surface area contributed by atoms with Crippen LogP contribution in [0.5, 0.6) is 0 Å². The predicted octanol–water partition coefficient (Wildman–Crippen LogP) is 6.05. The lowest BCUT2D eigenvalue weighted by Crippen LogP contribution is -2.55. The fraction of sp³-hybridized carbons (Fsp3) is 0.556. The normalized spacial score (nSPS) is 16.7. The molecule has 1 saturated heterocycles. The van der Waals surface area contributed by atoms with Gasteiger partial charge in [-0.3, -0.25) is 14.5 Å². The molecule has 3 atom stereocenters. The Hall–Kier alpha value is -3.15. The standard InChI is InChI=1S/C30H41FN4O5.3C2H6/c1-6-7-11-28(29(37)32-4)34(5)18-25-23(19-36)9-8-10-27(25)33-15-22-12-13-24(14-26(22)31)30(38,39)35-16-20(2)40-21(3)17-35;3*1-2/h6,8-10,12-14,19-21,28,33,38-39H,1,7,11,15-18H2,2-5H3,(H,32,37);3*1-2H3. The maximum absolute atomic E-state index is 15.2. The monoisotopic (exact) mass is 646 g/mol. The highest BCUT2D eigenvalue weighted by Gasteiger charge is 2.39. The van der Waals surface area contributed by atoms with Crippen LogP contribution in [0.2, 0.25) is 0 Å². The molecule has 0 saturated carbocycles. The number of anilines is 1. The average molecular weight is 647 g/mol. The van der Waals surface area contributed by atoms with Crippen molar-refractivity contribution >= 4 is 17.9 Å². The van der Waals surface area contributed by atoms with Crippen LogP contribution in [0.25, 0.3) is 0 Å². The number of allylic oxidation sites excluding steroid dienone is 1. The number of benzene rings is 2. The highest BCUT2D eigenvalue weighted by molar-refractivity contribution is 5.82. The van der Waals surface area contributed by atoms with Crippen molar-refractivity contribution in [1.29, 1.82) is 0 Å². The Morgan fingerprint density at radius 2 is 1.74 bits per heavy atom. The summed E-state index contributed by atoms with van der Waals surface area (Å²) in [4.78, 5) is 27.7. The number of halogens is 1. The third kappa shape index (κ3) is 12.2. The number of carbonyl (C=O) groups excluding carboxylic acids is 2. The van der Waals surface area contributed by atoms with Gasteiger partial charge in [-0.15, -0.1) is 6.58 Å². The maximum Gasteiger partial charge on any atom is 0.253 e. The zero-order chi connectivity index (χ0) is 35.4. The van der Waals surface area contributed by atoms with Gasteiger partial charge >= 0.3 is 0 Å². The number of amides is 1. The zero-order valence-corrected chi connectivity index (χ0v) is 29.7. The average Bonchev–Trinajstić information content (AvgIpc) is 3.06. The van der Waals surface area contributed by atoms with E-state index in [-0.39, 0.29) is 30.2 Å². The quantitative estimate of drug-likeness (QED) is 0.118. The summed E-state index contributed by atoms with van der Waals surface area (Å²) >= 11 is 0. The van der Waals surface area contributed by atoms with Gasteiger partial charge in [-0.05, 0) is 51.4 Å². The topological polar surface area (TPSA) is 114 Å². The molecule has 0 aromatic heterocycles. The highest BCUT2D eigenvalue weighted by atomic mass is 19.1. The van der Waals surface area contributed by atoms with Gasteiger partial charge in [0.15, 0.2) is 0 Å². The molecule has 10 heteroatoms. The molecule has 1 amide bonds. The van der Waals surface area contributed by atoms with Crippen LogP contribution in [-0.2, 0) is 28.5 Å². The van der Waals surface area contributed by atoms with Crippen molar-refractivity contribution in [2.24, 2.45) is 0 Å². The number of likely N-dealkylation sites (N-methyl/N-ethyl adjacent to an activating group) is 2. The Balaban J connectivity index is 0.00000318.